The quantitative estimate of drug-likeness (QED) is 0.349. The van der Waals surface area contributed by atoms with E-state index in [9.17, 15) is 4.79 Å². The van der Waals surface area contributed by atoms with Crippen molar-refractivity contribution in [1.29, 1.82) is 0 Å². The summed E-state index contributed by atoms with van der Waals surface area (Å²) in [6.45, 7) is 1.30. The Balaban J connectivity index is 1.62. The van der Waals surface area contributed by atoms with Crippen molar-refractivity contribution in [3.8, 4) is 11.6 Å². The van der Waals surface area contributed by atoms with Crippen LogP contribution in [0.15, 0.2) is 72.9 Å². The molecule has 1 amide bonds. The molecule has 0 saturated carbocycles. The summed E-state index contributed by atoms with van der Waals surface area (Å²) >= 11 is 5.49. The third kappa shape index (κ3) is 6.47. The van der Waals surface area contributed by atoms with E-state index in [0.29, 0.717) is 30.3 Å². The molecule has 0 aliphatic heterocycles. The zero-order chi connectivity index (χ0) is 21.0. The lowest BCUT2D eigenvalue weighted by Crippen LogP contribution is -2.13. The summed E-state index contributed by atoms with van der Waals surface area (Å²) in [5.41, 5.74) is 1.94. The second-order valence-electron chi connectivity index (χ2n) is 6.29. The fraction of sp³-hybridized carbons (Fsp3) is 0.217. The minimum absolute atomic E-state index is 0.178. The highest BCUT2D eigenvalue weighted by Crippen LogP contribution is 2.25. The Morgan fingerprint density at radius 1 is 0.933 bits per heavy atom. The van der Waals surface area contributed by atoms with Gasteiger partial charge in [-0.2, -0.15) is 0 Å². The molecule has 1 heterocycles. The standard InChI is InChI=1S/C23H23ClN2O4/c24-17-28-14-7-15-29-21-12-5-4-10-19(21)16-30-23-20(11-6-13-25-23)26-22(27)18-8-2-1-3-9-18/h1-6,8-13H,7,14-17H2,(H,26,27). The van der Waals surface area contributed by atoms with Gasteiger partial charge in [-0.1, -0.05) is 48.0 Å². The number of carbonyl (C=O) groups is 1. The van der Waals surface area contributed by atoms with E-state index in [1.807, 2.05) is 42.5 Å². The number of amides is 1. The average molecular weight is 427 g/mol. The number of alkyl halides is 1. The first-order valence-electron chi connectivity index (χ1n) is 9.56. The number of halogens is 1. The third-order valence-electron chi connectivity index (χ3n) is 4.16. The number of ether oxygens (including phenoxy) is 3. The predicted molar refractivity (Wildman–Crippen MR) is 116 cm³/mol. The predicted octanol–water partition coefficient (Wildman–Crippen LogP) is 4.89. The van der Waals surface area contributed by atoms with Crippen LogP contribution in [0.25, 0.3) is 0 Å². The van der Waals surface area contributed by atoms with Crippen LogP contribution >= 0.6 is 11.6 Å². The SMILES string of the molecule is O=C(Nc1cccnc1OCc1ccccc1OCCCOCCl)c1ccccc1. The Kier molecular flexibility index (Phi) is 8.50. The van der Waals surface area contributed by atoms with Crippen LogP contribution in [0.2, 0.25) is 0 Å². The molecule has 6 nitrogen and oxygen atoms in total. The van der Waals surface area contributed by atoms with Gasteiger partial charge < -0.3 is 19.5 Å². The number of nitrogens with one attached hydrogen (secondary N) is 1. The third-order valence-corrected chi connectivity index (χ3v) is 4.31. The van der Waals surface area contributed by atoms with Crippen molar-refractivity contribution in [3.63, 3.8) is 0 Å². The molecule has 3 aromatic rings. The van der Waals surface area contributed by atoms with E-state index in [4.69, 9.17) is 25.8 Å². The topological polar surface area (TPSA) is 69.7 Å². The summed E-state index contributed by atoms with van der Waals surface area (Å²) in [6, 6.07) is 20.3. The van der Waals surface area contributed by atoms with Crippen molar-refractivity contribution in [1.82, 2.24) is 4.98 Å². The van der Waals surface area contributed by atoms with Crippen LogP contribution in [0, 0.1) is 0 Å². The molecule has 0 aliphatic carbocycles. The van der Waals surface area contributed by atoms with Gasteiger partial charge in [0.05, 0.1) is 13.2 Å². The normalized spacial score (nSPS) is 10.4. The first-order valence-corrected chi connectivity index (χ1v) is 10.1. The highest BCUT2D eigenvalue weighted by molar-refractivity contribution is 6.17. The van der Waals surface area contributed by atoms with E-state index >= 15 is 0 Å². The number of anilines is 1. The summed E-state index contributed by atoms with van der Waals surface area (Å²) in [5, 5.41) is 2.85. The van der Waals surface area contributed by atoms with Gasteiger partial charge >= 0.3 is 0 Å². The lowest BCUT2D eigenvalue weighted by molar-refractivity contribution is 0.102. The summed E-state index contributed by atoms with van der Waals surface area (Å²) in [5.74, 6) is 0.845. The zero-order valence-electron chi connectivity index (χ0n) is 16.4. The maximum atomic E-state index is 12.5. The van der Waals surface area contributed by atoms with Gasteiger partial charge in [-0.3, -0.25) is 4.79 Å². The minimum Gasteiger partial charge on any atom is -0.493 e. The van der Waals surface area contributed by atoms with Crippen LogP contribution in [0.5, 0.6) is 11.6 Å². The van der Waals surface area contributed by atoms with E-state index in [1.165, 1.54) is 0 Å². The molecular formula is C23H23ClN2O4. The number of hydrogen-bond acceptors (Lipinski definition) is 5. The molecule has 0 spiro atoms. The summed E-state index contributed by atoms with van der Waals surface area (Å²) in [4.78, 5) is 16.7. The highest BCUT2D eigenvalue weighted by atomic mass is 35.5. The minimum atomic E-state index is -0.226. The van der Waals surface area contributed by atoms with E-state index < -0.39 is 0 Å². The first-order chi connectivity index (χ1) is 14.8. The van der Waals surface area contributed by atoms with E-state index in [2.05, 4.69) is 10.3 Å². The smallest absolute Gasteiger partial charge is 0.255 e. The van der Waals surface area contributed by atoms with Crippen molar-refractivity contribution >= 4 is 23.2 Å². The summed E-state index contributed by atoms with van der Waals surface area (Å²) < 4.78 is 16.8. The number of para-hydroxylation sites is 1. The fourth-order valence-corrected chi connectivity index (χ4v) is 2.80. The Labute approximate surface area is 180 Å². The van der Waals surface area contributed by atoms with Crippen LogP contribution in [-0.2, 0) is 11.3 Å². The van der Waals surface area contributed by atoms with Crippen LogP contribution in [0.3, 0.4) is 0 Å². The molecule has 3 rings (SSSR count). The Morgan fingerprint density at radius 3 is 2.57 bits per heavy atom. The molecule has 1 N–H and O–H groups in total. The van der Waals surface area contributed by atoms with Crippen LogP contribution in [0.1, 0.15) is 22.3 Å². The second kappa shape index (κ2) is 11.8. The molecule has 0 unspecified atom stereocenters. The molecule has 156 valence electrons. The molecule has 0 atom stereocenters. The van der Waals surface area contributed by atoms with Crippen molar-refractivity contribution in [2.45, 2.75) is 13.0 Å². The van der Waals surface area contributed by atoms with Crippen molar-refractivity contribution in [2.24, 2.45) is 0 Å². The maximum absolute atomic E-state index is 12.5. The molecule has 0 saturated heterocycles. The molecule has 0 radical (unpaired) electrons. The first kappa shape index (κ1) is 21.6. The number of nitrogens with zero attached hydrogens (tertiary/aromatic N) is 1. The molecule has 0 bridgehead atoms. The number of hydrogen-bond donors (Lipinski definition) is 1. The largest absolute Gasteiger partial charge is 0.493 e. The Hall–Kier alpha value is -3.09. The van der Waals surface area contributed by atoms with Crippen LogP contribution in [0.4, 0.5) is 5.69 Å². The van der Waals surface area contributed by atoms with E-state index in [-0.39, 0.29) is 18.6 Å². The number of rotatable bonds is 11. The molecule has 2 aromatic carbocycles. The van der Waals surface area contributed by atoms with Crippen LogP contribution < -0.4 is 14.8 Å². The number of carbonyl (C=O) groups excluding carboxylic acids is 1. The van der Waals surface area contributed by atoms with Gasteiger partial charge in [0.1, 0.15) is 24.1 Å². The number of aromatic nitrogens is 1. The number of benzene rings is 2. The monoisotopic (exact) mass is 426 g/mol. The van der Waals surface area contributed by atoms with Gasteiger partial charge in [0.2, 0.25) is 5.88 Å². The molecule has 0 aliphatic rings. The molecule has 30 heavy (non-hydrogen) atoms. The fourth-order valence-electron chi connectivity index (χ4n) is 2.69. The van der Waals surface area contributed by atoms with Gasteiger partial charge in [-0.25, -0.2) is 4.98 Å². The van der Waals surface area contributed by atoms with Crippen molar-refractivity contribution in [3.05, 3.63) is 84.1 Å². The molecule has 1 aromatic heterocycles. The molecule has 7 heteroatoms. The Morgan fingerprint density at radius 2 is 1.73 bits per heavy atom. The van der Waals surface area contributed by atoms with Crippen molar-refractivity contribution in [2.75, 3.05) is 24.6 Å². The van der Waals surface area contributed by atoms with Gasteiger partial charge in [0, 0.05) is 23.7 Å². The Bertz CT molecular complexity index is 937. The van der Waals surface area contributed by atoms with Gasteiger partial charge in [0.15, 0.2) is 0 Å². The summed E-state index contributed by atoms with van der Waals surface area (Å²) in [6.07, 6.45) is 2.35. The van der Waals surface area contributed by atoms with E-state index in [0.717, 1.165) is 17.7 Å². The maximum Gasteiger partial charge on any atom is 0.255 e. The van der Waals surface area contributed by atoms with Gasteiger partial charge in [0.25, 0.3) is 5.91 Å². The van der Waals surface area contributed by atoms with Gasteiger partial charge in [-0.05, 0) is 30.3 Å². The molecular weight excluding hydrogens is 404 g/mol. The van der Waals surface area contributed by atoms with Crippen LogP contribution in [-0.4, -0.2) is 30.2 Å². The van der Waals surface area contributed by atoms with E-state index in [1.54, 1.807) is 30.5 Å². The lowest BCUT2D eigenvalue weighted by Gasteiger charge is -2.14. The highest BCUT2D eigenvalue weighted by Gasteiger charge is 2.12. The molecule has 0 fully saturated rings. The van der Waals surface area contributed by atoms with Crippen molar-refractivity contribution < 1.29 is 19.0 Å². The average Bonchev–Trinajstić information content (AvgIpc) is 2.79. The summed E-state index contributed by atoms with van der Waals surface area (Å²) in [7, 11) is 0. The second-order valence-corrected chi connectivity index (χ2v) is 6.51. The number of pyridine rings is 1. The zero-order valence-corrected chi connectivity index (χ0v) is 17.2. The lowest BCUT2D eigenvalue weighted by atomic mass is 10.2. The van der Waals surface area contributed by atoms with Gasteiger partial charge in [-0.15, -0.1) is 0 Å².